The van der Waals surface area contributed by atoms with Crippen molar-refractivity contribution in [2.24, 2.45) is 0 Å². The van der Waals surface area contributed by atoms with E-state index < -0.39 is 15.6 Å². The third-order valence-electron chi connectivity index (χ3n) is 3.23. The predicted molar refractivity (Wildman–Crippen MR) is 84.3 cm³/mol. The van der Waals surface area contributed by atoms with Crippen molar-refractivity contribution in [3.8, 4) is 5.69 Å². The zero-order valence-electron chi connectivity index (χ0n) is 12.2. The summed E-state index contributed by atoms with van der Waals surface area (Å²) < 4.78 is 25.6. The maximum Gasteiger partial charge on any atom is 0.216 e. The first kappa shape index (κ1) is 15.1. The molecule has 23 heavy (non-hydrogen) atoms. The van der Waals surface area contributed by atoms with Crippen molar-refractivity contribution in [2.45, 2.75) is 5.03 Å². The number of carbonyl (C=O) groups excluding carboxylic acids is 1. The maximum absolute atomic E-state index is 12.6. The zero-order chi connectivity index (χ0) is 16.4. The Hall–Kier alpha value is -2.80. The molecule has 0 bridgehead atoms. The second-order valence-electron chi connectivity index (χ2n) is 4.96. The number of benzene rings is 2. The van der Waals surface area contributed by atoms with Crippen LogP contribution in [0, 0.1) is 0 Å². The number of rotatable bonds is 4. The molecule has 0 spiro atoms. The fourth-order valence-corrected chi connectivity index (χ4v) is 3.15. The molecule has 0 N–H and O–H groups in total. The smallest absolute Gasteiger partial charge is 0.216 e. The third-order valence-corrected chi connectivity index (χ3v) is 4.30. The lowest BCUT2D eigenvalue weighted by atomic mass is 10.1. The number of hydrogen-bond acceptors (Lipinski definition) is 5. The van der Waals surface area contributed by atoms with E-state index in [0.29, 0.717) is 11.3 Å². The van der Waals surface area contributed by atoms with Crippen molar-refractivity contribution < 1.29 is 13.2 Å². The fraction of sp³-hybridized carbons (Fsp3) is 0.0625. The van der Waals surface area contributed by atoms with Crippen molar-refractivity contribution in [3.05, 3.63) is 71.9 Å². The standard InChI is InChI=1S/C16H13N3O3S/c1-23(21,22)16-14(15(20)12-8-4-2-5-9-12)17-18-19(16)13-10-6-3-7-11-13/h2-11H,1H3. The van der Waals surface area contributed by atoms with E-state index in [2.05, 4.69) is 10.3 Å². The van der Waals surface area contributed by atoms with Gasteiger partial charge in [-0.05, 0) is 12.1 Å². The molecule has 3 aromatic rings. The van der Waals surface area contributed by atoms with Crippen LogP contribution in [-0.2, 0) is 9.84 Å². The Balaban J connectivity index is 2.20. The summed E-state index contributed by atoms with van der Waals surface area (Å²) in [6.07, 6.45) is 1.03. The summed E-state index contributed by atoms with van der Waals surface area (Å²) in [6, 6.07) is 17.1. The maximum atomic E-state index is 12.6. The topological polar surface area (TPSA) is 81.9 Å². The first-order valence-corrected chi connectivity index (χ1v) is 8.68. The largest absolute Gasteiger partial charge is 0.287 e. The van der Waals surface area contributed by atoms with Crippen LogP contribution in [0.5, 0.6) is 0 Å². The van der Waals surface area contributed by atoms with Gasteiger partial charge in [-0.25, -0.2) is 13.1 Å². The van der Waals surface area contributed by atoms with Crippen LogP contribution in [0.25, 0.3) is 5.69 Å². The molecular formula is C16H13N3O3S. The molecule has 0 radical (unpaired) electrons. The predicted octanol–water partition coefficient (Wildman–Crippen LogP) is 1.90. The van der Waals surface area contributed by atoms with Gasteiger partial charge in [-0.15, -0.1) is 5.10 Å². The van der Waals surface area contributed by atoms with Gasteiger partial charge in [0.25, 0.3) is 0 Å². The van der Waals surface area contributed by atoms with Gasteiger partial charge in [-0.2, -0.15) is 0 Å². The van der Waals surface area contributed by atoms with Gasteiger partial charge in [-0.3, -0.25) is 4.79 Å². The van der Waals surface area contributed by atoms with E-state index >= 15 is 0 Å². The molecule has 1 aromatic heterocycles. The highest BCUT2D eigenvalue weighted by atomic mass is 32.2. The summed E-state index contributed by atoms with van der Waals surface area (Å²) in [5, 5.41) is 7.48. The van der Waals surface area contributed by atoms with Crippen LogP contribution < -0.4 is 0 Å². The number of aromatic nitrogens is 3. The number of sulfone groups is 1. The Morgan fingerprint density at radius 3 is 2.09 bits per heavy atom. The summed E-state index contributed by atoms with van der Waals surface area (Å²) in [5.74, 6) is -0.479. The minimum Gasteiger partial charge on any atom is -0.287 e. The molecule has 0 aliphatic rings. The van der Waals surface area contributed by atoms with E-state index in [-0.39, 0.29) is 10.7 Å². The fourth-order valence-electron chi connectivity index (χ4n) is 2.21. The molecule has 0 saturated carbocycles. The SMILES string of the molecule is CS(=O)(=O)c1c(C(=O)c2ccccc2)nnn1-c1ccccc1. The molecule has 116 valence electrons. The van der Waals surface area contributed by atoms with Gasteiger partial charge in [0.15, 0.2) is 20.6 Å². The highest BCUT2D eigenvalue weighted by molar-refractivity contribution is 7.90. The average Bonchev–Trinajstić information content (AvgIpc) is 3.01. The van der Waals surface area contributed by atoms with Crippen LogP contribution in [-0.4, -0.2) is 35.5 Å². The van der Waals surface area contributed by atoms with E-state index in [1.807, 2.05) is 0 Å². The molecular weight excluding hydrogens is 314 g/mol. The molecule has 0 amide bonds. The van der Waals surface area contributed by atoms with Crippen LogP contribution in [0.1, 0.15) is 16.1 Å². The van der Waals surface area contributed by atoms with Crippen molar-refractivity contribution in [1.82, 2.24) is 15.0 Å². The molecule has 2 aromatic carbocycles. The van der Waals surface area contributed by atoms with Gasteiger partial charge in [0.1, 0.15) is 0 Å². The summed E-state index contributed by atoms with van der Waals surface area (Å²) in [4.78, 5) is 12.6. The second-order valence-corrected chi connectivity index (χ2v) is 6.89. The third kappa shape index (κ3) is 2.91. The van der Waals surface area contributed by atoms with E-state index in [1.54, 1.807) is 60.7 Å². The van der Waals surface area contributed by atoms with E-state index in [0.717, 1.165) is 6.26 Å². The first-order chi connectivity index (χ1) is 11.0. The van der Waals surface area contributed by atoms with Crippen LogP contribution in [0.4, 0.5) is 0 Å². The van der Waals surface area contributed by atoms with Gasteiger partial charge in [0.05, 0.1) is 5.69 Å². The number of ketones is 1. The molecule has 1 heterocycles. The van der Waals surface area contributed by atoms with Crippen molar-refractivity contribution in [2.75, 3.05) is 6.26 Å². The summed E-state index contributed by atoms with van der Waals surface area (Å²) >= 11 is 0. The Morgan fingerprint density at radius 2 is 1.52 bits per heavy atom. The van der Waals surface area contributed by atoms with E-state index in [9.17, 15) is 13.2 Å². The van der Waals surface area contributed by atoms with E-state index in [4.69, 9.17) is 0 Å². The van der Waals surface area contributed by atoms with Crippen molar-refractivity contribution in [1.29, 1.82) is 0 Å². The molecule has 0 aliphatic carbocycles. The number of hydrogen-bond donors (Lipinski definition) is 0. The number of carbonyl (C=O) groups is 1. The van der Waals surface area contributed by atoms with Gasteiger partial charge >= 0.3 is 0 Å². The quantitative estimate of drug-likeness (QED) is 0.684. The van der Waals surface area contributed by atoms with Gasteiger partial charge in [-0.1, -0.05) is 53.7 Å². The Kier molecular flexibility index (Phi) is 3.79. The van der Waals surface area contributed by atoms with Crippen LogP contribution in [0.15, 0.2) is 65.7 Å². The molecule has 0 unspecified atom stereocenters. The molecule has 7 heteroatoms. The summed E-state index contributed by atoms with van der Waals surface area (Å²) in [5.41, 5.74) is 0.701. The monoisotopic (exact) mass is 327 g/mol. The average molecular weight is 327 g/mol. The van der Waals surface area contributed by atoms with Crippen LogP contribution in [0.2, 0.25) is 0 Å². The molecule has 6 nitrogen and oxygen atoms in total. The van der Waals surface area contributed by atoms with Crippen molar-refractivity contribution >= 4 is 15.6 Å². The Morgan fingerprint density at radius 1 is 0.957 bits per heavy atom. The molecule has 3 rings (SSSR count). The highest BCUT2D eigenvalue weighted by Crippen LogP contribution is 2.20. The van der Waals surface area contributed by atoms with Gasteiger partial charge in [0.2, 0.25) is 5.78 Å². The van der Waals surface area contributed by atoms with E-state index in [1.165, 1.54) is 4.68 Å². The molecule has 0 saturated heterocycles. The summed E-state index contributed by atoms with van der Waals surface area (Å²) in [7, 11) is -3.70. The zero-order valence-corrected chi connectivity index (χ0v) is 13.1. The number of para-hydroxylation sites is 1. The van der Waals surface area contributed by atoms with Crippen molar-refractivity contribution in [3.63, 3.8) is 0 Å². The van der Waals surface area contributed by atoms with Crippen LogP contribution in [0.3, 0.4) is 0 Å². The Bertz CT molecular complexity index is 949. The second kappa shape index (κ2) is 5.77. The lowest BCUT2D eigenvalue weighted by Gasteiger charge is -2.05. The number of nitrogens with zero attached hydrogens (tertiary/aromatic N) is 3. The molecule has 0 aliphatic heterocycles. The minimum absolute atomic E-state index is 0.178. The minimum atomic E-state index is -3.70. The summed E-state index contributed by atoms with van der Waals surface area (Å²) in [6.45, 7) is 0. The molecule has 0 fully saturated rings. The highest BCUT2D eigenvalue weighted by Gasteiger charge is 2.28. The lowest BCUT2D eigenvalue weighted by molar-refractivity contribution is 0.103. The Labute approximate surface area is 133 Å². The normalized spacial score (nSPS) is 11.3. The lowest BCUT2D eigenvalue weighted by Crippen LogP contribution is -2.13. The molecule has 0 atom stereocenters. The van der Waals surface area contributed by atoms with Gasteiger partial charge < -0.3 is 0 Å². The van der Waals surface area contributed by atoms with Gasteiger partial charge in [0, 0.05) is 11.8 Å². The van der Waals surface area contributed by atoms with Crippen LogP contribution >= 0.6 is 0 Å². The first-order valence-electron chi connectivity index (χ1n) is 6.79.